The second-order valence-corrected chi connectivity index (χ2v) is 6.23. The number of hydrogen-bond acceptors (Lipinski definition) is 4. The molecule has 1 aromatic carbocycles. The van der Waals surface area contributed by atoms with Crippen molar-refractivity contribution in [3.05, 3.63) is 69.2 Å². The van der Waals surface area contributed by atoms with Crippen molar-refractivity contribution in [3.8, 4) is 11.1 Å². The van der Waals surface area contributed by atoms with Gasteiger partial charge < -0.3 is 10.3 Å². The first-order valence-corrected chi connectivity index (χ1v) is 8.41. The Morgan fingerprint density at radius 2 is 2.00 bits per heavy atom. The third-order valence-corrected chi connectivity index (χ3v) is 4.11. The van der Waals surface area contributed by atoms with Gasteiger partial charge in [0.25, 0.3) is 11.5 Å². The maximum Gasteiger partial charge on any atom is 0.251 e. The van der Waals surface area contributed by atoms with E-state index in [-0.39, 0.29) is 11.5 Å². The van der Waals surface area contributed by atoms with E-state index >= 15 is 0 Å². The lowest BCUT2D eigenvalue weighted by molar-refractivity contribution is 0.0954. The van der Waals surface area contributed by atoms with Gasteiger partial charge in [-0.3, -0.25) is 14.7 Å². The third kappa shape index (κ3) is 3.88. The van der Waals surface area contributed by atoms with Gasteiger partial charge in [0.15, 0.2) is 0 Å². The minimum atomic E-state index is -0.183. The van der Waals surface area contributed by atoms with E-state index in [1.165, 1.54) is 6.07 Å². The van der Waals surface area contributed by atoms with Crippen molar-refractivity contribution in [1.82, 2.24) is 25.5 Å². The first-order chi connectivity index (χ1) is 12.4. The van der Waals surface area contributed by atoms with Crippen molar-refractivity contribution in [3.63, 3.8) is 0 Å². The van der Waals surface area contributed by atoms with Crippen molar-refractivity contribution in [2.75, 3.05) is 6.54 Å². The van der Waals surface area contributed by atoms with Crippen LogP contribution >= 0.6 is 0 Å². The maximum atomic E-state index is 12.4. The lowest BCUT2D eigenvalue weighted by Gasteiger charge is -2.08. The van der Waals surface area contributed by atoms with E-state index in [4.69, 9.17) is 0 Å². The molecule has 0 atom stereocenters. The number of carbonyl (C=O) groups is 1. The number of aryl methyl sites for hydroxylation is 3. The van der Waals surface area contributed by atoms with Crippen molar-refractivity contribution in [2.45, 2.75) is 27.2 Å². The Kier molecular flexibility index (Phi) is 4.97. The second-order valence-electron chi connectivity index (χ2n) is 6.23. The van der Waals surface area contributed by atoms with Gasteiger partial charge in [0.05, 0.1) is 5.69 Å². The fourth-order valence-electron chi connectivity index (χ4n) is 2.95. The summed E-state index contributed by atoms with van der Waals surface area (Å²) in [7, 11) is 0. The quantitative estimate of drug-likeness (QED) is 0.654. The summed E-state index contributed by atoms with van der Waals surface area (Å²) in [5.41, 5.74) is 4.88. The molecule has 0 unspecified atom stereocenters. The zero-order chi connectivity index (χ0) is 18.7. The molecule has 3 aromatic rings. The summed E-state index contributed by atoms with van der Waals surface area (Å²) < 4.78 is 0. The molecule has 0 radical (unpaired) electrons. The highest BCUT2D eigenvalue weighted by Gasteiger charge is 2.12. The van der Waals surface area contributed by atoms with Gasteiger partial charge in [-0.1, -0.05) is 12.1 Å². The smallest absolute Gasteiger partial charge is 0.251 e. The Hall–Kier alpha value is -3.22. The summed E-state index contributed by atoms with van der Waals surface area (Å²) in [6, 6.07) is 8.88. The summed E-state index contributed by atoms with van der Waals surface area (Å²) in [6.45, 7) is 6.04. The van der Waals surface area contributed by atoms with Gasteiger partial charge in [-0.2, -0.15) is 5.10 Å². The Bertz CT molecular complexity index is 984. The molecule has 0 aliphatic rings. The summed E-state index contributed by atoms with van der Waals surface area (Å²) in [5.74, 6) is 0.398. The number of aromatic amines is 2. The van der Waals surface area contributed by atoms with E-state index in [2.05, 4.69) is 25.5 Å². The van der Waals surface area contributed by atoms with E-state index in [1.54, 1.807) is 13.0 Å². The molecule has 2 heterocycles. The van der Waals surface area contributed by atoms with E-state index in [1.807, 2.05) is 32.0 Å². The van der Waals surface area contributed by atoms with E-state index in [0.717, 1.165) is 22.5 Å². The highest BCUT2D eigenvalue weighted by atomic mass is 16.1. The minimum Gasteiger partial charge on any atom is -0.352 e. The van der Waals surface area contributed by atoms with Crippen LogP contribution in [-0.2, 0) is 6.42 Å². The van der Waals surface area contributed by atoms with Crippen LogP contribution in [0.5, 0.6) is 0 Å². The number of aromatic nitrogens is 4. The van der Waals surface area contributed by atoms with Crippen molar-refractivity contribution in [1.29, 1.82) is 0 Å². The number of amides is 1. The van der Waals surface area contributed by atoms with Gasteiger partial charge in [-0.15, -0.1) is 0 Å². The Balaban J connectivity index is 1.69. The Morgan fingerprint density at radius 1 is 1.19 bits per heavy atom. The van der Waals surface area contributed by atoms with Crippen LogP contribution in [0.2, 0.25) is 0 Å². The summed E-state index contributed by atoms with van der Waals surface area (Å²) >= 11 is 0. The number of rotatable bonds is 5. The normalized spacial score (nSPS) is 10.7. The predicted octanol–water partition coefficient (Wildman–Crippen LogP) is 2.06. The van der Waals surface area contributed by atoms with Crippen LogP contribution in [0.15, 0.2) is 35.1 Å². The number of nitrogens with one attached hydrogen (secondary N) is 3. The first kappa shape index (κ1) is 17.6. The molecular formula is C19H21N5O2. The zero-order valence-electron chi connectivity index (χ0n) is 15.0. The van der Waals surface area contributed by atoms with Gasteiger partial charge in [-0.05, 0) is 38.5 Å². The summed E-state index contributed by atoms with van der Waals surface area (Å²) in [5, 5.41) is 10.0. The number of hydrogen-bond donors (Lipinski definition) is 3. The SMILES string of the molecule is Cc1cc(=O)[nH]c(CCNC(=O)c2cccc(-c3c(C)n[nH]c3C)c2)n1. The largest absolute Gasteiger partial charge is 0.352 e. The van der Waals surface area contributed by atoms with Crippen LogP contribution in [0.3, 0.4) is 0 Å². The lowest BCUT2D eigenvalue weighted by atomic mass is 10.0. The molecule has 7 heteroatoms. The fourth-order valence-corrected chi connectivity index (χ4v) is 2.95. The van der Waals surface area contributed by atoms with Crippen molar-refractivity contribution >= 4 is 5.91 Å². The van der Waals surface area contributed by atoms with Gasteiger partial charge in [-0.25, -0.2) is 4.98 Å². The second kappa shape index (κ2) is 7.35. The van der Waals surface area contributed by atoms with Crippen LogP contribution in [0.4, 0.5) is 0 Å². The first-order valence-electron chi connectivity index (χ1n) is 8.41. The molecule has 0 fully saturated rings. The highest BCUT2D eigenvalue weighted by molar-refractivity contribution is 5.95. The van der Waals surface area contributed by atoms with Gasteiger partial charge >= 0.3 is 0 Å². The fraction of sp³-hybridized carbons (Fsp3) is 0.263. The van der Waals surface area contributed by atoms with Crippen molar-refractivity contribution in [2.24, 2.45) is 0 Å². The molecule has 3 rings (SSSR count). The standard InChI is InChI=1S/C19H21N5O2/c1-11-9-17(25)22-16(21-11)7-8-20-19(26)15-6-4-5-14(10-15)18-12(2)23-24-13(18)3/h4-6,9-10H,7-8H2,1-3H3,(H,20,26)(H,23,24)(H,21,22,25). The average molecular weight is 351 g/mol. The van der Waals surface area contributed by atoms with Gasteiger partial charge in [0.2, 0.25) is 0 Å². The van der Waals surface area contributed by atoms with Crippen LogP contribution in [0.1, 0.15) is 33.3 Å². The van der Waals surface area contributed by atoms with Gasteiger partial charge in [0.1, 0.15) is 5.82 Å². The monoisotopic (exact) mass is 351 g/mol. The number of H-pyrrole nitrogens is 2. The highest BCUT2D eigenvalue weighted by Crippen LogP contribution is 2.25. The number of nitrogens with zero attached hydrogens (tertiary/aromatic N) is 2. The molecule has 2 aromatic heterocycles. The Labute approximate surface area is 150 Å². The van der Waals surface area contributed by atoms with E-state index in [9.17, 15) is 9.59 Å². The van der Waals surface area contributed by atoms with Crippen LogP contribution in [-0.4, -0.2) is 32.6 Å². The third-order valence-electron chi connectivity index (χ3n) is 4.11. The average Bonchev–Trinajstić information content (AvgIpc) is 2.92. The predicted molar refractivity (Wildman–Crippen MR) is 99.1 cm³/mol. The zero-order valence-corrected chi connectivity index (χ0v) is 15.0. The summed E-state index contributed by atoms with van der Waals surface area (Å²) in [4.78, 5) is 30.8. The Morgan fingerprint density at radius 3 is 2.69 bits per heavy atom. The van der Waals surface area contributed by atoms with Gasteiger partial charge in [0, 0.05) is 41.5 Å². The molecule has 0 spiro atoms. The van der Waals surface area contributed by atoms with E-state index in [0.29, 0.717) is 30.0 Å². The molecule has 0 aliphatic heterocycles. The number of carbonyl (C=O) groups excluding carboxylic acids is 1. The van der Waals surface area contributed by atoms with Crippen LogP contribution < -0.4 is 10.9 Å². The lowest BCUT2D eigenvalue weighted by Crippen LogP contribution is -2.27. The van der Waals surface area contributed by atoms with Crippen molar-refractivity contribution < 1.29 is 4.79 Å². The molecule has 0 saturated carbocycles. The summed E-state index contributed by atoms with van der Waals surface area (Å²) in [6.07, 6.45) is 0.461. The molecule has 26 heavy (non-hydrogen) atoms. The van der Waals surface area contributed by atoms with Crippen LogP contribution in [0.25, 0.3) is 11.1 Å². The molecule has 3 N–H and O–H groups in total. The molecule has 0 saturated heterocycles. The molecule has 134 valence electrons. The molecular weight excluding hydrogens is 330 g/mol. The molecule has 1 amide bonds. The molecule has 0 bridgehead atoms. The maximum absolute atomic E-state index is 12.4. The molecule has 0 aliphatic carbocycles. The topological polar surface area (TPSA) is 104 Å². The minimum absolute atomic E-state index is 0.166. The molecule has 7 nitrogen and oxygen atoms in total. The van der Waals surface area contributed by atoms with E-state index < -0.39 is 0 Å². The number of benzene rings is 1. The van der Waals surface area contributed by atoms with Crippen LogP contribution in [0, 0.1) is 20.8 Å².